The van der Waals surface area contributed by atoms with Crippen molar-refractivity contribution in [3.63, 3.8) is 0 Å². The number of hydrogen-bond donors (Lipinski definition) is 1. The molecule has 5 rings (SSSR count). The van der Waals surface area contributed by atoms with Crippen molar-refractivity contribution in [2.75, 3.05) is 16.8 Å². The number of aryl methyl sites for hydroxylation is 1. The maximum Gasteiger partial charge on any atom is 0.261 e. The molecule has 0 unspecified atom stereocenters. The van der Waals surface area contributed by atoms with Gasteiger partial charge in [0.1, 0.15) is 6.26 Å². The monoisotopic (exact) mass is 427 g/mol. The van der Waals surface area contributed by atoms with Crippen LogP contribution in [-0.4, -0.2) is 23.3 Å². The number of furan rings is 1. The minimum absolute atomic E-state index is 0.0879. The molecule has 0 radical (unpaired) electrons. The minimum atomic E-state index is -0.117. The van der Waals surface area contributed by atoms with E-state index in [1.54, 1.807) is 17.2 Å². The number of hydrogen-bond acceptors (Lipinski definition) is 5. The number of carbonyl (C=O) groups is 2. The molecule has 7 heteroatoms. The van der Waals surface area contributed by atoms with Crippen LogP contribution in [0.1, 0.15) is 28.2 Å². The summed E-state index contributed by atoms with van der Waals surface area (Å²) < 4.78 is 10.8. The third-order valence-electron chi connectivity index (χ3n) is 5.45. The van der Waals surface area contributed by atoms with Gasteiger partial charge in [-0.3, -0.25) is 9.59 Å². The van der Waals surface area contributed by atoms with Gasteiger partial charge in [-0.1, -0.05) is 30.3 Å². The molecule has 0 atom stereocenters. The van der Waals surface area contributed by atoms with Crippen LogP contribution in [-0.2, 0) is 17.6 Å². The van der Waals surface area contributed by atoms with E-state index < -0.39 is 0 Å². The summed E-state index contributed by atoms with van der Waals surface area (Å²) in [7, 11) is 0. The van der Waals surface area contributed by atoms with Gasteiger partial charge in [-0.25, -0.2) is 4.98 Å². The van der Waals surface area contributed by atoms with E-state index in [4.69, 9.17) is 8.83 Å². The van der Waals surface area contributed by atoms with Gasteiger partial charge >= 0.3 is 0 Å². The molecule has 32 heavy (non-hydrogen) atoms. The Morgan fingerprint density at radius 1 is 1.09 bits per heavy atom. The summed E-state index contributed by atoms with van der Waals surface area (Å²) in [5.41, 5.74) is 4.08. The van der Waals surface area contributed by atoms with Crippen molar-refractivity contribution >= 4 is 23.2 Å². The Labute approximate surface area is 184 Å². The lowest BCUT2D eigenvalue weighted by molar-refractivity contribution is -0.116. The van der Waals surface area contributed by atoms with Gasteiger partial charge in [0, 0.05) is 36.3 Å². The van der Waals surface area contributed by atoms with Crippen LogP contribution < -0.4 is 10.2 Å². The molecule has 1 N–H and O–H groups in total. The lowest BCUT2D eigenvalue weighted by atomic mass is 10.1. The number of oxazole rings is 1. The number of benzene rings is 2. The first-order valence-electron chi connectivity index (χ1n) is 10.4. The molecule has 2 aromatic carbocycles. The molecule has 3 heterocycles. The first-order valence-corrected chi connectivity index (χ1v) is 10.4. The average Bonchev–Trinajstić information content (AvgIpc) is 3.58. The predicted octanol–water partition coefficient (Wildman–Crippen LogP) is 4.71. The number of nitrogens with zero attached hydrogens (tertiary/aromatic N) is 2. The summed E-state index contributed by atoms with van der Waals surface area (Å²) in [5.74, 6) is 1.01. The van der Waals surface area contributed by atoms with Crippen LogP contribution in [0.2, 0.25) is 0 Å². The zero-order chi connectivity index (χ0) is 21.9. The standard InChI is InChI=1S/C25H21N3O4/c29-23(8-9-24-26-15-22(32-24)17-4-2-1-3-5-17)27-20-6-7-21-18(14-20)10-12-28(21)25(30)19-11-13-31-16-19/h1-7,11,13-16H,8-10,12H2,(H,27,29). The first-order chi connectivity index (χ1) is 15.7. The van der Waals surface area contributed by atoms with E-state index in [0.717, 1.165) is 23.2 Å². The van der Waals surface area contributed by atoms with Gasteiger partial charge in [0.15, 0.2) is 11.7 Å². The molecule has 2 aromatic heterocycles. The van der Waals surface area contributed by atoms with E-state index in [1.807, 2.05) is 48.5 Å². The Hall–Kier alpha value is -4.13. The lowest BCUT2D eigenvalue weighted by Crippen LogP contribution is -2.28. The van der Waals surface area contributed by atoms with Gasteiger partial charge in [0.2, 0.25) is 5.91 Å². The van der Waals surface area contributed by atoms with Crippen LogP contribution in [0.25, 0.3) is 11.3 Å². The van der Waals surface area contributed by atoms with Crippen molar-refractivity contribution in [2.24, 2.45) is 0 Å². The molecular formula is C25H21N3O4. The summed E-state index contributed by atoms with van der Waals surface area (Å²) in [6.07, 6.45) is 6.03. The number of carbonyl (C=O) groups excluding carboxylic acids is 2. The van der Waals surface area contributed by atoms with Crippen LogP contribution in [0.5, 0.6) is 0 Å². The molecule has 0 saturated heterocycles. The summed E-state index contributed by atoms with van der Waals surface area (Å²) in [6, 6.07) is 17.0. The quantitative estimate of drug-likeness (QED) is 0.481. The van der Waals surface area contributed by atoms with E-state index in [9.17, 15) is 9.59 Å². The molecule has 4 aromatic rings. The molecular weight excluding hydrogens is 406 g/mol. The second kappa shape index (κ2) is 8.55. The SMILES string of the molecule is O=C(CCc1ncc(-c2ccccc2)o1)Nc1ccc2c(c1)CCN2C(=O)c1ccoc1. The fourth-order valence-electron chi connectivity index (χ4n) is 3.84. The van der Waals surface area contributed by atoms with Gasteiger partial charge < -0.3 is 19.1 Å². The predicted molar refractivity (Wildman–Crippen MR) is 119 cm³/mol. The Morgan fingerprint density at radius 2 is 1.97 bits per heavy atom. The molecule has 1 aliphatic rings. The zero-order valence-electron chi connectivity index (χ0n) is 17.3. The van der Waals surface area contributed by atoms with Crippen LogP contribution in [0, 0.1) is 0 Å². The number of fused-ring (bicyclic) bond motifs is 1. The number of aromatic nitrogens is 1. The van der Waals surface area contributed by atoms with Crippen molar-refractivity contribution < 1.29 is 18.4 Å². The Bertz CT molecular complexity index is 1250. The highest BCUT2D eigenvalue weighted by Gasteiger charge is 2.26. The van der Waals surface area contributed by atoms with Crippen molar-refractivity contribution in [1.82, 2.24) is 4.98 Å². The average molecular weight is 427 g/mol. The van der Waals surface area contributed by atoms with E-state index in [0.29, 0.717) is 35.9 Å². The smallest absolute Gasteiger partial charge is 0.261 e. The van der Waals surface area contributed by atoms with Gasteiger partial charge in [0.05, 0.1) is 18.0 Å². The number of rotatable bonds is 6. The summed E-state index contributed by atoms with van der Waals surface area (Å²) in [6.45, 7) is 0.602. The molecule has 1 aliphatic heterocycles. The molecule has 0 spiro atoms. The second-order valence-corrected chi connectivity index (χ2v) is 7.59. The highest BCUT2D eigenvalue weighted by Crippen LogP contribution is 2.32. The highest BCUT2D eigenvalue weighted by atomic mass is 16.4. The van der Waals surface area contributed by atoms with Crippen LogP contribution in [0.4, 0.5) is 11.4 Å². The topological polar surface area (TPSA) is 88.6 Å². The molecule has 0 bridgehead atoms. The second-order valence-electron chi connectivity index (χ2n) is 7.59. The third-order valence-corrected chi connectivity index (χ3v) is 5.45. The fourth-order valence-corrected chi connectivity index (χ4v) is 3.84. The summed E-state index contributed by atoms with van der Waals surface area (Å²) in [5, 5.41) is 2.93. The third kappa shape index (κ3) is 4.05. The Morgan fingerprint density at radius 3 is 2.78 bits per heavy atom. The van der Waals surface area contributed by atoms with Crippen molar-refractivity contribution in [3.05, 3.63) is 90.3 Å². The van der Waals surface area contributed by atoms with Gasteiger partial charge in [0.25, 0.3) is 5.91 Å². The zero-order valence-corrected chi connectivity index (χ0v) is 17.3. The van der Waals surface area contributed by atoms with Crippen molar-refractivity contribution in [2.45, 2.75) is 19.3 Å². The molecule has 7 nitrogen and oxygen atoms in total. The van der Waals surface area contributed by atoms with Gasteiger partial charge in [-0.2, -0.15) is 0 Å². The maximum atomic E-state index is 12.6. The molecule has 160 valence electrons. The summed E-state index contributed by atoms with van der Waals surface area (Å²) >= 11 is 0. The molecule has 0 aliphatic carbocycles. The van der Waals surface area contributed by atoms with E-state index in [-0.39, 0.29) is 18.2 Å². The Balaban J connectivity index is 1.19. The van der Waals surface area contributed by atoms with Crippen LogP contribution >= 0.6 is 0 Å². The molecule has 2 amide bonds. The van der Waals surface area contributed by atoms with Crippen molar-refractivity contribution in [1.29, 1.82) is 0 Å². The van der Waals surface area contributed by atoms with Gasteiger partial charge in [-0.05, 0) is 36.2 Å². The largest absolute Gasteiger partial charge is 0.472 e. The molecule has 0 saturated carbocycles. The number of anilines is 2. The van der Waals surface area contributed by atoms with Crippen molar-refractivity contribution in [3.8, 4) is 11.3 Å². The van der Waals surface area contributed by atoms with E-state index >= 15 is 0 Å². The maximum absolute atomic E-state index is 12.6. The molecule has 0 fully saturated rings. The normalized spacial score (nSPS) is 12.6. The highest BCUT2D eigenvalue weighted by molar-refractivity contribution is 6.07. The Kier molecular flexibility index (Phi) is 5.29. The van der Waals surface area contributed by atoms with E-state index in [1.165, 1.54) is 12.5 Å². The minimum Gasteiger partial charge on any atom is -0.472 e. The first kappa shape index (κ1) is 19.8. The summed E-state index contributed by atoms with van der Waals surface area (Å²) in [4.78, 5) is 31.1. The van der Waals surface area contributed by atoms with Crippen LogP contribution in [0.3, 0.4) is 0 Å². The number of nitrogens with one attached hydrogen (secondary N) is 1. The van der Waals surface area contributed by atoms with Crippen LogP contribution in [0.15, 0.2) is 82.2 Å². The number of amides is 2. The van der Waals surface area contributed by atoms with Gasteiger partial charge in [-0.15, -0.1) is 0 Å². The van der Waals surface area contributed by atoms with E-state index in [2.05, 4.69) is 10.3 Å². The lowest BCUT2D eigenvalue weighted by Gasteiger charge is -2.16. The fraction of sp³-hybridized carbons (Fsp3) is 0.160.